The zero-order chi connectivity index (χ0) is 20.4. The van der Waals surface area contributed by atoms with Gasteiger partial charge >= 0.3 is 0 Å². The molecule has 0 unspecified atom stereocenters. The van der Waals surface area contributed by atoms with E-state index >= 15 is 0 Å². The Balaban J connectivity index is 1.64. The molecule has 0 bridgehead atoms. The molecule has 1 aliphatic heterocycles. The number of nitrogens with zero attached hydrogens (tertiary/aromatic N) is 1. The molecule has 29 heavy (non-hydrogen) atoms. The molecule has 4 rings (SSSR count). The van der Waals surface area contributed by atoms with Gasteiger partial charge in [-0.1, -0.05) is 29.3 Å². The number of hydrogen-bond acceptors (Lipinski definition) is 5. The van der Waals surface area contributed by atoms with Crippen molar-refractivity contribution in [3.63, 3.8) is 0 Å². The Labute approximate surface area is 181 Å². The summed E-state index contributed by atoms with van der Waals surface area (Å²) in [6, 6.07) is 16.2. The fourth-order valence-electron chi connectivity index (χ4n) is 2.70. The van der Waals surface area contributed by atoms with Gasteiger partial charge in [0.1, 0.15) is 23.1 Å². The number of aliphatic imine (C=N–C) groups is 1. The predicted octanol–water partition coefficient (Wildman–Crippen LogP) is 6.79. The molecular formula is C21H14Cl2N2O3S. The fourth-order valence-corrected chi connectivity index (χ4v) is 3.81. The third-order valence-corrected chi connectivity index (χ3v) is 5.72. The molecular weight excluding hydrogens is 431 g/mol. The maximum absolute atomic E-state index is 11.9. The van der Waals surface area contributed by atoms with E-state index in [1.54, 1.807) is 49.6 Å². The number of thioether (sulfide) groups is 1. The van der Waals surface area contributed by atoms with Crippen LogP contribution in [0.1, 0.15) is 5.76 Å². The Morgan fingerprint density at radius 2 is 1.90 bits per heavy atom. The summed E-state index contributed by atoms with van der Waals surface area (Å²) in [5.74, 6) is 2.35. The Morgan fingerprint density at radius 3 is 2.66 bits per heavy atom. The van der Waals surface area contributed by atoms with Crippen molar-refractivity contribution in [2.24, 2.45) is 4.99 Å². The summed E-state index contributed by atoms with van der Waals surface area (Å²) in [5, 5.41) is 3.43. The number of carbonyl (C=O) groups is 1. The van der Waals surface area contributed by atoms with Crippen LogP contribution < -0.4 is 10.1 Å². The smallest absolute Gasteiger partial charge is 0.289 e. The molecule has 1 aliphatic rings. The van der Waals surface area contributed by atoms with E-state index in [1.165, 1.54) is 0 Å². The minimum Gasteiger partial charge on any atom is -0.497 e. The SMILES string of the molecule is COc1ccc(N=C2NC(=O)S/C2=C\c2ccc(-c3cccc(Cl)c3Cl)o2)cc1. The van der Waals surface area contributed by atoms with Crippen LogP contribution in [0.25, 0.3) is 17.4 Å². The van der Waals surface area contributed by atoms with E-state index in [2.05, 4.69) is 10.3 Å². The van der Waals surface area contributed by atoms with Gasteiger partial charge in [0.25, 0.3) is 5.24 Å². The van der Waals surface area contributed by atoms with Crippen molar-refractivity contribution < 1.29 is 13.9 Å². The van der Waals surface area contributed by atoms with Crippen molar-refractivity contribution in [1.82, 2.24) is 5.32 Å². The first-order valence-electron chi connectivity index (χ1n) is 8.51. The average molecular weight is 445 g/mol. The molecule has 146 valence electrons. The summed E-state index contributed by atoms with van der Waals surface area (Å²) < 4.78 is 11.0. The Kier molecular flexibility index (Phi) is 5.67. The predicted molar refractivity (Wildman–Crippen MR) is 118 cm³/mol. The Hall–Kier alpha value is -2.67. The van der Waals surface area contributed by atoms with E-state index in [4.69, 9.17) is 32.4 Å². The molecule has 3 aromatic rings. The number of methoxy groups -OCH3 is 1. The second kappa shape index (κ2) is 8.37. The second-order valence-electron chi connectivity index (χ2n) is 5.98. The third kappa shape index (κ3) is 4.34. The van der Waals surface area contributed by atoms with Gasteiger partial charge in [-0.2, -0.15) is 0 Å². The highest BCUT2D eigenvalue weighted by molar-refractivity contribution is 8.18. The zero-order valence-electron chi connectivity index (χ0n) is 15.1. The van der Waals surface area contributed by atoms with Crippen molar-refractivity contribution in [3.8, 4) is 17.1 Å². The number of furan rings is 1. The minimum atomic E-state index is -0.201. The van der Waals surface area contributed by atoms with Crippen LogP contribution in [0.4, 0.5) is 10.5 Å². The van der Waals surface area contributed by atoms with Crippen molar-refractivity contribution in [3.05, 3.63) is 75.3 Å². The molecule has 2 heterocycles. The maximum atomic E-state index is 11.9. The van der Waals surface area contributed by atoms with Crippen LogP contribution in [0.15, 0.2) is 68.9 Å². The van der Waals surface area contributed by atoms with Crippen LogP contribution >= 0.6 is 35.0 Å². The van der Waals surface area contributed by atoms with Crippen molar-refractivity contribution in [1.29, 1.82) is 0 Å². The van der Waals surface area contributed by atoms with Crippen LogP contribution in [-0.2, 0) is 0 Å². The first kappa shape index (κ1) is 19.6. The van der Waals surface area contributed by atoms with E-state index in [9.17, 15) is 4.79 Å². The van der Waals surface area contributed by atoms with E-state index < -0.39 is 0 Å². The van der Waals surface area contributed by atoms with Crippen LogP contribution in [0.2, 0.25) is 10.0 Å². The normalized spacial score (nSPS) is 16.4. The van der Waals surface area contributed by atoms with Gasteiger partial charge in [-0.15, -0.1) is 0 Å². The number of amides is 1. The van der Waals surface area contributed by atoms with E-state index in [0.29, 0.717) is 43.6 Å². The van der Waals surface area contributed by atoms with Crippen LogP contribution in [0, 0.1) is 0 Å². The topological polar surface area (TPSA) is 63.8 Å². The minimum absolute atomic E-state index is 0.201. The number of carbonyl (C=O) groups excluding carboxylic acids is 1. The molecule has 0 aliphatic carbocycles. The highest BCUT2D eigenvalue weighted by Crippen LogP contribution is 2.35. The van der Waals surface area contributed by atoms with Crippen molar-refractivity contribution >= 4 is 57.8 Å². The monoisotopic (exact) mass is 444 g/mol. The van der Waals surface area contributed by atoms with Gasteiger partial charge in [0.15, 0.2) is 0 Å². The van der Waals surface area contributed by atoms with Crippen LogP contribution in [-0.4, -0.2) is 18.2 Å². The molecule has 1 aromatic heterocycles. The molecule has 0 radical (unpaired) electrons. The highest BCUT2D eigenvalue weighted by Gasteiger charge is 2.24. The number of amidine groups is 1. The molecule has 5 nitrogen and oxygen atoms in total. The second-order valence-corrected chi connectivity index (χ2v) is 7.78. The Bertz CT molecular complexity index is 1140. The summed E-state index contributed by atoms with van der Waals surface area (Å²) in [4.78, 5) is 17.1. The van der Waals surface area contributed by atoms with Gasteiger partial charge in [0, 0.05) is 5.56 Å². The molecule has 0 spiro atoms. The maximum Gasteiger partial charge on any atom is 0.289 e. The quantitative estimate of drug-likeness (QED) is 0.480. The standard InChI is InChI=1S/C21H14Cl2N2O3S/c1-27-13-7-5-12(6-8-13)24-20-18(29-21(26)25-20)11-14-9-10-17(28-14)15-3-2-4-16(22)19(15)23/h2-11H,1H3,(H,24,25,26)/b18-11-. The van der Waals surface area contributed by atoms with Gasteiger partial charge in [-0.25, -0.2) is 4.99 Å². The van der Waals surface area contributed by atoms with Gasteiger partial charge in [-0.3, -0.25) is 4.79 Å². The average Bonchev–Trinajstić information content (AvgIpc) is 3.31. The van der Waals surface area contributed by atoms with E-state index in [-0.39, 0.29) is 5.24 Å². The van der Waals surface area contributed by atoms with Gasteiger partial charge < -0.3 is 14.5 Å². The van der Waals surface area contributed by atoms with E-state index in [1.807, 2.05) is 18.2 Å². The number of nitrogens with one attached hydrogen (secondary N) is 1. The summed E-state index contributed by atoms with van der Waals surface area (Å²) >= 11 is 13.4. The van der Waals surface area contributed by atoms with E-state index in [0.717, 1.165) is 17.5 Å². The number of benzene rings is 2. The summed E-state index contributed by atoms with van der Waals surface area (Å²) in [5.41, 5.74) is 1.39. The third-order valence-electron chi connectivity index (χ3n) is 4.09. The zero-order valence-corrected chi connectivity index (χ0v) is 17.4. The first-order valence-corrected chi connectivity index (χ1v) is 10.1. The summed E-state index contributed by atoms with van der Waals surface area (Å²) in [6.07, 6.45) is 1.76. The first-order chi connectivity index (χ1) is 14.0. The lowest BCUT2D eigenvalue weighted by atomic mass is 10.2. The summed E-state index contributed by atoms with van der Waals surface area (Å²) in [7, 11) is 1.60. The lowest BCUT2D eigenvalue weighted by Gasteiger charge is -2.02. The molecule has 0 saturated carbocycles. The molecule has 1 fully saturated rings. The lowest BCUT2D eigenvalue weighted by molar-refractivity contribution is 0.265. The highest BCUT2D eigenvalue weighted by atomic mass is 35.5. The molecule has 1 N–H and O–H groups in total. The number of hydrogen-bond donors (Lipinski definition) is 1. The molecule has 1 saturated heterocycles. The molecule has 8 heteroatoms. The fraction of sp³-hybridized carbons (Fsp3) is 0.0476. The van der Waals surface area contributed by atoms with Crippen molar-refractivity contribution in [2.75, 3.05) is 7.11 Å². The van der Waals surface area contributed by atoms with Gasteiger partial charge in [0.2, 0.25) is 0 Å². The Morgan fingerprint density at radius 1 is 1.10 bits per heavy atom. The number of rotatable bonds is 4. The largest absolute Gasteiger partial charge is 0.497 e. The van der Waals surface area contributed by atoms with Gasteiger partial charge in [0.05, 0.1) is 27.7 Å². The molecule has 2 aromatic carbocycles. The van der Waals surface area contributed by atoms with Crippen LogP contribution in [0.3, 0.4) is 0 Å². The number of halogens is 2. The summed E-state index contributed by atoms with van der Waals surface area (Å²) in [6.45, 7) is 0. The molecule has 1 amide bonds. The van der Waals surface area contributed by atoms with Crippen molar-refractivity contribution in [2.45, 2.75) is 0 Å². The van der Waals surface area contributed by atoms with Gasteiger partial charge in [-0.05, 0) is 66.4 Å². The lowest BCUT2D eigenvalue weighted by Crippen LogP contribution is -2.18. The molecule has 0 atom stereocenters. The van der Waals surface area contributed by atoms with Crippen LogP contribution in [0.5, 0.6) is 5.75 Å². The number of ether oxygens (including phenoxy) is 1.